The van der Waals surface area contributed by atoms with Crippen molar-refractivity contribution < 1.29 is 13.9 Å². The van der Waals surface area contributed by atoms with Gasteiger partial charge in [-0.15, -0.1) is 0 Å². The van der Waals surface area contributed by atoms with E-state index >= 15 is 0 Å². The van der Waals surface area contributed by atoms with E-state index in [0.29, 0.717) is 30.3 Å². The summed E-state index contributed by atoms with van der Waals surface area (Å²) < 4.78 is 21.2. The second kappa shape index (κ2) is 8.11. The fourth-order valence-corrected chi connectivity index (χ4v) is 3.65. The van der Waals surface area contributed by atoms with Gasteiger partial charge in [0.05, 0.1) is 29.5 Å². The number of benzene rings is 1. The van der Waals surface area contributed by atoms with Gasteiger partial charge in [-0.25, -0.2) is 14.4 Å². The molecule has 0 N–H and O–H groups in total. The summed E-state index contributed by atoms with van der Waals surface area (Å²) in [6.45, 7) is 3.84. The molecule has 0 saturated heterocycles. The van der Waals surface area contributed by atoms with Crippen LogP contribution in [0.1, 0.15) is 45.6 Å². The third kappa shape index (κ3) is 4.18. The van der Waals surface area contributed by atoms with Crippen LogP contribution in [0.3, 0.4) is 0 Å². The van der Waals surface area contributed by atoms with E-state index in [1.54, 1.807) is 24.7 Å². The highest BCUT2D eigenvalue weighted by Gasteiger charge is 2.26. The second-order valence-electron chi connectivity index (χ2n) is 7.52. The first kappa shape index (κ1) is 19.2. The SMILES string of the molecule is CC(C)Oc1nccc(-c2c(-c3ccc(F)cc3)ncn2C2CCC(=O)CC2)n1. The van der Waals surface area contributed by atoms with E-state index in [0.717, 1.165) is 29.8 Å². The van der Waals surface area contributed by atoms with Crippen molar-refractivity contribution in [1.82, 2.24) is 19.5 Å². The van der Waals surface area contributed by atoms with Gasteiger partial charge < -0.3 is 9.30 Å². The van der Waals surface area contributed by atoms with E-state index in [9.17, 15) is 9.18 Å². The smallest absolute Gasteiger partial charge is 0.317 e. The van der Waals surface area contributed by atoms with Crippen molar-refractivity contribution >= 4 is 5.78 Å². The Morgan fingerprint density at radius 2 is 1.83 bits per heavy atom. The summed E-state index contributed by atoms with van der Waals surface area (Å²) in [5.41, 5.74) is 3.03. The van der Waals surface area contributed by atoms with Gasteiger partial charge in [0, 0.05) is 30.6 Å². The summed E-state index contributed by atoms with van der Waals surface area (Å²) >= 11 is 0. The largest absolute Gasteiger partial charge is 0.461 e. The van der Waals surface area contributed by atoms with Gasteiger partial charge in [-0.3, -0.25) is 4.79 Å². The van der Waals surface area contributed by atoms with E-state index in [4.69, 9.17) is 4.74 Å². The Hall–Kier alpha value is -3.09. The normalized spacial score (nSPS) is 15.1. The fraction of sp³-hybridized carbons (Fsp3) is 0.364. The number of halogens is 1. The summed E-state index contributed by atoms with van der Waals surface area (Å²) in [6, 6.07) is 8.55. The Bertz CT molecular complexity index is 1000. The number of nitrogens with zero attached hydrogens (tertiary/aromatic N) is 4. The van der Waals surface area contributed by atoms with Crippen LogP contribution in [0.2, 0.25) is 0 Å². The highest BCUT2D eigenvalue weighted by atomic mass is 19.1. The van der Waals surface area contributed by atoms with E-state index in [1.807, 2.05) is 19.9 Å². The minimum Gasteiger partial charge on any atom is -0.461 e. The lowest BCUT2D eigenvalue weighted by Crippen LogP contribution is -2.18. The summed E-state index contributed by atoms with van der Waals surface area (Å²) in [5.74, 6) is 0.00603. The highest BCUT2D eigenvalue weighted by molar-refractivity contribution is 5.80. The molecule has 0 amide bonds. The predicted molar refractivity (Wildman–Crippen MR) is 107 cm³/mol. The first-order chi connectivity index (χ1) is 14.0. The molecule has 6 nitrogen and oxygen atoms in total. The Morgan fingerprint density at radius 3 is 2.52 bits per heavy atom. The van der Waals surface area contributed by atoms with Crippen LogP contribution in [-0.2, 0) is 4.79 Å². The lowest BCUT2D eigenvalue weighted by molar-refractivity contribution is -0.120. The van der Waals surface area contributed by atoms with Crippen LogP contribution in [0.25, 0.3) is 22.6 Å². The van der Waals surface area contributed by atoms with Gasteiger partial charge in [0.1, 0.15) is 11.6 Å². The van der Waals surface area contributed by atoms with Crippen LogP contribution in [0.4, 0.5) is 4.39 Å². The maximum absolute atomic E-state index is 13.4. The summed E-state index contributed by atoms with van der Waals surface area (Å²) in [5, 5.41) is 0. The van der Waals surface area contributed by atoms with E-state index < -0.39 is 0 Å². The monoisotopic (exact) mass is 394 g/mol. The van der Waals surface area contributed by atoms with Crippen LogP contribution < -0.4 is 4.74 Å². The van der Waals surface area contributed by atoms with Gasteiger partial charge in [0.25, 0.3) is 0 Å². The number of ether oxygens (including phenoxy) is 1. The van der Waals surface area contributed by atoms with Crippen LogP contribution in [0, 0.1) is 5.82 Å². The van der Waals surface area contributed by atoms with Crippen molar-refractivity contribution in [3.8, 4) is 28.7 Å². The third-order valence-corrected chi connectivity index (χ3v) is 5.03. The predicted octanol–water partition coefficient (Wildman–Crippen LogP) is 4.62. The molecule has 1 aliphatic carbocycles. The summed E-state index contributed by atoms with van der Waals surface area (Å²) in [4.78, 5) is 25.1. The number of carbonyl (C=O) groups is 1. The number of carbonyl (C=O) groups excluding carboxylic acids is 1. The molecule has 7 heteroatoms. The molecule has 150 valence electrons. The minimum absolute atomic E-state index is 0.0453. The minimum atomic E-state index is -0.296. The topological polar surface area (TPSA) is 69.9 Å². The molecule has 1 aromatic carbocycles. The van der Waals surface area contributed by atoms with Gasteiger partial charge in [-0.1, -0.05) is 0 Å². The number of aromatic nitrogens is 4. The zero-order valence-corrected chi connectivity index (χ0v) is 16.5. The van der Waals surface area contributed by atoms with E-state index in [-0.39, 0.29) is 18.0 Å². The number of hydrogen-bond donors (Lipinski definition) is 0. The number of imidazole rings is 1. The molecule has 1 aliphatic rings. The van der Waals surface area contributed by atoms with E-state index in [2.05, 4.69) is 19.5 Å². The maximum Gasteiger partial charge on any atom is 0.317 e. The van der Waals surface area contributed by atoms with Gasteiger partial charge in [0.2, 0.25) is 0 Å². The molecule has 0 radical (unpaired) electrons. The van der Waals surface area contributed by atoms with Crippen molar-refractivity contribution in [3.63, 3.8) is 0 Å². The van der Waals surface area contributed by atoms with Crippen LogP contribution in [0.15, 0.2) is 42.9 Å². The molecule has 3 aromatic rings. The molecule has 0 unspecified atom stereocenters. The summed E-state index contributed by atoms with van der Waals surface area (Å²) in [7, 11) is 0. The summed E-state index contributed by atoms with van der Waals surface area (Å²) in [6.07, 6.45) is 6.09. The maximum atomic E-state index is 13.4. The number of Topliss-reactive ketones (excluding diaryl/α,β-unsaturated/α-hetero) is 1. The molecule has 2 aromatic heterocycles. The Morgan fingerprint density at radius 1 is 1.10 bits per heavy atom. The van der Waals surface area contributed by atoms with Gasteiger partial charge in [0.15, 0.2) is 0 Å². The zero-order chi connectivity index (χ0) is 20.4. The Balaban J connectivity index is 1.81. The van der Waals surface area contributed by atoms with E-state index in [1.165, 1.54) is 12.1 Å². The molecular formula is C22H23FN4O2. The molecule has 0 bridgehead atoms. The highest BCUT2D eigenvalue weighted by Crippen LogP contribution is 2.36. The van der Waals surface area contributed by atoms with Crippen LogP contribution >= 0.6 is 0 Å². The number of hydrogen-bond acceptors (Lipinski definition) is 5. The average molecular weight is 394 g/mol. The average Bonchev–Trinajstić information content (AvgIpc) is 3.14. The molecule has 29 heavy (non-hydrogen) atoms. The van der Waals surface area contributed by atoms with Crippen molar-refractivity contribution in [2.75, 3.05) is 0 Å². The van der Waals surface area contributed by atoms with Gasteiger partial charge >= 0.3 is 6.01 Å². The number of rotatable bonds is 5. The van der Waals surface area contributed by atoms with Gasteiger partial charge in [-0.05, 0) is 57.0 Å². The molecule has 0 aliphatic heterocycles. The van der Waals surface area contributed by atoms with Crippen molar-refractivity contribution in [2.24, 2.45) is 0 Å². The van der Waals surface area contributed by atoms with Crippen molar-refractivity contribution in [1.29, 1.82) is 0 Å². The zero-order valence-electron chi connectivity index (χ0n) is 16.5. The fourth-order valence-electron chi connectivity index (χ4n) is 3.65. The molecule has 0 atom stereocenters. The standard InChI is InChI=1S/C22H23FN4O2/c1-14(2)29-22-24-12-11-19(26-22)21-20(15-3-5-16(23)6-4-15)25-13-27(21)17-7-9-18(28)10-8-17/h3-6,11-14,17H,7-10H2,1-2H3. The Labute approximate surface area is 168 Å². The van der Waals surface area contributed by atoms with Gasteiger partial charge in [-0.2, -0.15) is 4.98 Å². The first-order valence-electron chi connectivity index (χ1n) is 9.86. The van der Waals surface area contributed by atoms with Crippen LogP contribution in [0.5, 0.6) is 6.01 Å². The molecular weight excluding hydrogens is 371 g/mol. The molecule has 0 spiro atoms. The van der Waals surface area contributed by atoms with Crippen LogP contribution in [-0.4, -0.2) is 31.4 Å². The van der Waals surface area contributed by atoms with Crippen molar-refractivity contribution in [3.05, 3.63) is 48.7 Å². The quantitative estimate of drug-likeness (QED) is 0.632. The molecule has 4 rings (SSSR count). The third-order valence-electron chi connectivity index (χ3n) is 5.03. The van der Waals surface area contributed by atoms with Crippen molar-refractivity contribution in [2.45, 2.75) is 51.7 Å². The lowest BCUT2D eigenvalue weighted by atomic mass is 9.93. The molecule has 2 heterocycles. The number of ketones is 1. The lowest BCUT2D eigenvalue weighted by Gasteiger charge is -2.24. The first-order valence-corrected chi connectivity index (χ1v) is 9.86. The second-order valence-corrected chi connectivity index (χ2v) is 7.52. The molecule has 1 fully saturated rings. The molecule has 1 saturated carbocycles. The Kier molecular flexibility index (Phi) is 5.38.